The van der Waals surface area contributed by atoms with Crippen molar-refractivity contribution in [2.24, 2.45) is 47.3 Å². The van der Waals surface area contributed by atoms with Crippen LogP contribution in [-0.2, 0) is 32.7 Å². The molecule has 0 aromatic carbocycles. The Hall–Kier alpha value is -1.15. The second-order valence-electron chi connectivity index (χ2n) is 20.7. The molecule has 0 aliphatic heterocycles. The zero-order valence-electron chi connectivity index (χ0n) is 38.9. The van der Waals surface area contributed by atoms with Gasteiger partial charge in [-0.25, -0.2) is 4.57 Å². The average Bonchev–Trinajstić information content (AvgIpc) is 4.09. The lowest BCUT2D eigenvalue weighted by molar-refractivity contribution is -0.220. The second kappa shape index (κ2) is 27.0. The summed E-state index contributed by atoms with van der Waals surface area (Å²) in [7, 11) is -5.11. The molecule has 14 heteroatoms. The number of phosphoric ester groups is 1. The molecule has 6 N–H and O–H groups in total. The number of ether oxygens (including phenoxy) is 2. The summed E-state index contributed by atoms with van der Waals surface area (Å²) in [5.41, 5.74) is 0. The van der Waals surface area contributed by atoms with Gasteiger partial charge in [-0.2, -0.15) is 0 Å². The number of hydrogen-bond acceptors (Lipinski definition) is 12. The SMILES string of the molecule is CCCCCC1CC1CC1CC1CCCCCCCC(=O)OCC(COP(=O)(O)OC1[C@H](O)[C@H](O)C(O)[C@H](O)[C@H]1O)OC(=O)CCCCCCCC1CC1CC1CC1CCCCC. The van der Waals surface area contributed by atoms with Crippen LogP contribution in [0.3, 0.4) is 0 Å². The molecule has 366 valence electrons. The first-order chi connectivity index (χ1) is 30.3. The fourth-order valence-corrected chi connectivity index (χ4v) is 11.6. The van der Waals surface area contributed by atoms with Gasteiger partial charge in [-0.15, -0.1) is 0 Å². The zero-order chi connectivity index (χ0) is 45.4. The predicted octanol–water partition coefficient (Wildman–Crippen LogP) is 8.71. The van der Waals surface area contributed by atoms with Crippen molar-refractivity contribution in [2.45, 2.75) is 236 Å². The third-order valence-corrected chi connectivity index (χ3v) is 16.2. The van der Waals surface area contributed by atoms with E-state index in [0.717, 1.165) is 85.9 Å². The van der Waals surface area contributed by atoms with Crippen LogP contribution >= 0.6 is 7.82 Å². The first-order valence-electron chi connectivity index (χ1n) is 25.7. The van der Waals surface area contributed by atoms with E-state index in [4.69, 9.17) is 18.5 Å². The van der Waals surface area contributed by atoms with Gasteiger partial charge in [-0.05, 0) is 98.7 Å². The van der Waals surface area contributed by atoms with Crippen molar-refractivity contribution in [2.75, 3.05) is 13.2 Å². The summed E-state index contributed by atoms with van der Waals surface area (Å²) >= 11 is 0. The van der Waals surface area contributed by atoms with Gasteiger partial charge in [0.25, 0.3) is 0 Å². The number of aliphatic hydroxyl groups is 5. The zero-order valence-corrected chi connectivity index (χ0v) is 39.8. The van der Waals surface area contributed by atoms with Gasteiger partial charge < -0.3 is 39.9 Å². The lowest BCUT2D eigenvalue weighted by Crippen LogP contribution is -2.64. The van der Waals surface area contributed by atoms with E-state index < -0.39 is 75.7 Å². The van der Waals surface area contributed by atoms with Gasteiger partial charge in [0.05, 0.1) is 6.61 Å². The number of unbranched alkanes of at least 4 members (excludes halogenated alkanes) is 12. The van der Waals surface area contributed by atoms with E-state index >= 15 is 0 Å². The van der Waals surface area contributed by atoms with Crippen LogP contribution in [-0.4, -0.2) is 98.3 Å². The van der Waals surface area contributed by atoms with Crippen molar-refractivity contribution < 1.29 is 63.1 Å². The van der Waals surface area contributed by atoms with Crippen LogP contribution in [0.2, 0.25) is 0 Å². The minimum absolute atomic E-state index is 0.114. The number of esters is 2. The molecule has 63 heavy (non-hydrogen) atoms. The minimum atomic E-state index is -5.11. The van der Waals surface area contributed by atoms with Crippen LogP contribution in [0.5, 0.6) is 0 Å². The molecule has 5 rings (SSSR count). The fourth-order valence-electron chi connectivity index (χ4n) is 10.6. The Bertz CT molecular complexity index is 1370. The van der Waals surface area contributed by atoms with Crippen LogP contribution in [0, 0.1) is 47.3 Å². The predicted molar refractivity (Wildman–Crippen MR) is 240 cm³/mol. The lowest BCUT2D eigenvalue weighted by atomic mass is 9.85. The molecule has 5 aliphatic carbocycles. The molecule has 0 radical (unpaired) electrons. The van der Waals surface area contributed by atoms with E-state index in [9.17, 15) is 44.6 Å². The number of carbonyl (C=O) groups excluding carboxylic acids is 2. The van der Waals surface area contributed by atoms with Gasteiger partial charge in [0, 0.05) is 12.8 Å². The van der Waals surface area contributed by atoms with E-state index in [1.807, 2.05) is 0 Å². The molecule has 0 heterocycles. The number of rotatable bonds is 36. The van der Waals surface area contributed by atoms with Crippen molar-refractivity contribution in [3.8, 4) is 0 Å². The first kappa shape index (κ1) is 52.8. The highest BCUT2D eigenvalue weighted by Crippen LogP contribution is 2.56. The van der Waals surface area contributed by atoms with E-state index in [1.165, 1.54) is 116 Å². The Morgan fingerprint density at radius 2 is 0.889 bits per heavy atom. The summed E-state index contributed by atoms with van der Waals surface area (Å²) in [6.07, 6.45) is 19.1. The topological polar surface area (TPSA) is 210 Å². The highest BCUT2D eigenvalue weighted by molar-refractivity contribution is 7.47. The highest BCUT2D eigenvalue weighted by atomic mass is 31.2. The average molecular weight is 915 g/mol. The number of hydrogen-bond donors (Lipinski definition) is 6. The molecule has 0 saturated heterocycles. The largest absolute Gasteiger partial charge is 0.472 e. The first-order valence-corrected chi connectivity index (χ1v) is 27.2. The fraction of sp³-hybridized carbons (Fsp3) is 0.959. The second-order valence-corrected chi connectivity index (χ2v) is 22.1. The van der Waals surface area contributed by atoms with Gasteiger partial charge in [0.1, 0.15) is 43.2 Å². The Morgan fingerprint density at radius 1 is 0.508 bits per heavy atom. The number of carbonyl (C=O) groups is 2. The van der Waals surface area contributed by atoms with E-state index in [2.05, 4.69) is 13.8 Å². The molecule has 0 aromatic heterocycles. The van der Waals surface area contributed by atoms with E-state index in [-0.39, 0.29) is 12.8 Å². The Labute approximate surface area is 378 Å². The summed E-state index contributed by atoms with van der Waals surface area (Å²) < 4.78 is 33.8. The molecular formula is C49H87O13P. The van der Waals surface area contributed by atoms with Gasteiger partial charge in [-0.1, -0.05) is 129 Å². The van der Waals surface area contributed by atoms with Crippen molar-refractivity contribution >= 4 is 19.8 Å². The normalized spacial score (nSPS) is 34.5. The molecule has 5 fully saturated rings. The maximum absolute atomic E-state index is 12.9. The third kappa shape index (κ3) is 19.2. The van der Waals surface area contributed by atoms with Gasteiger partial charge in [-0.3, -0.25) is 18.6 Å². The summed E-state index contributed by atoms with van der Waals surface area (Å²) in [5.74, 6) is 6.62. The quantitative estimate of drug-likeness (QED) is 0.0198. The van der Waals surface area contributed by atoms with Crippen molar-refractivity contribution in [3.63, 3.8) is 0 Å². The lowest BCUT2D eigenvalue weighted by Gasteiger charge is -2.41. The molecule has 0 bridgehead atoms. The molecule has 16 atom stereocenters. The van der Waals surface area contributed by atoms with Crippen molar-refractivity contribution in [1.29, 1.82) is 0 Å². The third-order valence-electron chi connectivity index (χ3n) is 15.2. The molecule has 13 nitrogen and oxygen atoms in total. The summed E-state index contributed by atoms with van der Waals surface area (Å²) in [4.78, 5) is 36.0. The van der Waals surface area contributed by atoms with Crippen LogP contribution in [0.15, 0.2) is 0 Å². The minimum Gasteiger partial charge on any atom is -0.462 e. The molecule has 0 amide bonds. The maximum Gasteiger partial charge on any atom is 0.472 e. The van der Waals surface area contributed by atoms with Gasteiger partial charge in [0.2, 0.25) is 0 Å². The number of phosphoric acid groups is 1. The summed E-state index contributed by atoms with van der Waals surface area (Å²) in [6.45, 7) is 3.40. The van der Waals surface area contributed by atoms with Crippen LogP contribution in [0.25, 0.3) is 0 Å². The van der Waals surface area contributed by atoms with Crippen LogP contribution in [0.4, 0.5) is 0 Å². The van der Waals surface area contributed by atoms with E-state index in [0.29, 0.717) is 12.8 Å². The van der Waals surface area contributed by atoms with Gasteiger partial charge in [0.15, 0.2) is 6.10 Å². The van der Waals surface area contributed by atoms with Crippen LogP contribution in [0.1, 0.15) is 194 Å². The monoisotopic (exact) mass is 915 g/mol. The molecule has 0 spiro atoms. The molecule has 12 unspecified atom stereocenters. The molecule has 0 aromatic rings. The standard InChI is InChI=1S/C49H87O13P/c1-3-5-13-19-33-25-37(33)29-39-27-35(39)21-15-9-7-11-17-23-42(50)59-31-41(32-60-63(57,58)62-49-47(55)45(53)44(52)46(54)48(49)56)61-43(51)24-18-12-8-10-16-22-36-28-40(36)30-38-26-34(38)20-14-6-4-2/h33-41,44-49,52-56H,3-32H2,1-2H3,(H,57,58)/t33?,34?,35?,36?,37?,38?,39?,40?,41?,44?,45-,46+,47-,48-,49?/m1/s1. The maximum atomic E-state index is 12.9. The van der Waals surface area contributed by atoms with Crippen molar-refractivity contribution in [1.82, 2.24) is 0 Å². The molecule has 5 aliphatic rings. The molecule has 5 saturated carbocycles. The Morgan fingerprint density at radius 3 is 1.33 bits per heavy atom. The van der Waals surface area contributed by atoms with Crippen molar-refractivity contribution in [3.05, 3.63) is 0 Å². The number of aliphatic hydroxyl groups excluding tert-OH is 5. The van der Waals surface area contributed by atoms with Crippen LogP contribution < -0.4 is 0 Å². The van der Waals surface area contributed by atoms with Gasteiger partial charge >= 0.3 is 19.8 Å². The summed E-state index contributed by atoms with van der Waals surface area (Å²) in [6, 6.07) is 0. The Balaban J connectivity index is 0.939. The summed E-state index contributed by atoms with van der Waals surface area (Å²) in [5, 5.41) is 50.3. The van der Waals surface area contributed by atoms with E-state index in [1.54, 1.807) is 0 Å². The molecular weight excluding hydrogens is 827 g/mol. The highest BCUT2D eigenvalue weighted by Gasteiger charge is 2.52. The smallest absolute Gasteiger partial charge is 0.462 e. The Kier molecular flexibility index (Phi) is 22.6.